The van der Waals surface area contributed by atoms with Gasteiger partial charge in [-0.15, -0.1) is 0 Å². The van der Waals surface area contributed by atoms with Gasteiger partial charge >= 0.3 is 0 Å². The molecule has 0 saturated heterocycles. The van der Waals surface area contributed by atoms with Gasteiger partial charge in [-0.1, -0.05) is 97.1 Å². The summed E-state index contributed by atoms with van der Waals surface area (Å²) < 4.78 is 13.2. The molecule has 39 heavy (non-hydrogen) atoms. The molecule has 0 aromatic heterocycles. The highest BCUT2D eigenvalue weighted by molar-refractivity contribution is 6.98. The Morgan fingerprint density at radius 2 is 0.897 bits per heavy atom. The van der Waals surface area contributed by atoms with Crippen LogP contribution in [0.25, 0.3) is 33.4 Å². The summed E-state index contributed by atoms with van der Waals surface area (Å²) in [5, 5.41) is 0. The van der Waals surface area contributed by atoms with Gasteiger partial charge in [0.05, 0.1) is 0 Å². The minimum atomic E-state index is 0.0516. The molecule has 6 aromatic carbocycles. The predicted octanol–water partition coefficient (Wildman–Crippen LogP) is 7.42. The first-order valence-electron chi connectivity index (χ1n) is 13.3. The number of hydrogen-bond acceptors (Lipinski definition) is 2. The van der Waals surface area contributed by atoms with Crippen molar-refractivity contribution in [3.63, 3.8) is 0 Å². The fourth-order valence-corrected chi connectivity index (χ4v) is 5.99. The molecular formula is C36H23BO2. The zero-order valence-electron chi connectivity index (χ0n) is 21.2. The molecule has 0 radical (unpaired) electrons. The Morgan fingerprint density at radius 3 is 1.51 bits per heavy atom. The Labute approximate surface area is 228 Å². The van der Waals surface area contributed by atoms with Crippen LogP contribution in [0.5, 0.6) is 23.0 Å². The van der Waals surface area contributed by atoms with Crippen LogP contribution in [0.3, 0.4) is 0 Å². The molecule has 0 unspecified atom stereocenters. The first kappa shape index (κ1) is 22.0. The smallest absolute Gasteiger partial charge is 0.260 e. The highest BCUT2D eigenvalue weighted by Crippen LogP contribution is 2.42. The van der Waals surface area contributed by atoms with Gasteiger partial charge in [0.15, 0.2) is 0 Å². The average Bonchev–Trinajstić information content (AvgIpc) is 3.01. The van der Waals surface area contributed by atoms with E-state index in [4.69, 9.17) is 9.47 Å². The maximum Gasteiger partial charge on any atom is 0.260 e. The van der Waals surface area contributed by atoms with E-state index in [1.807, 2.05) is 12.1 Å². The van der Waals surface area contributed by atoms with E-state index in [-0.39, 0.29) is 6.71 Å². The van der Waals surface area contributed by atoms with Gasteiger partial charge in [0.1, 0.15) is 23.0 Å². The second-order valence-corrected chi connectivity index (χ2v) is 10.1. The molecule has 3 heteroatoms. The Hall–Kier alpha value is -5.02. The lowest BCUT2D eigenvalue weighted by atomic mass is 9.34. The SMILES string of the molecule is c1ccc(-c2cc(-c3ccccc3)cc(-c3ccc4c5c3Oc3ccccc3B5c3ccccc3O4)c2)cc1. The van der Waals surface area contributed by atoms with Gasteiger partial charge in [-0.25, -0.2) is 0 Å². The van der Waals surface area contributed by atoms with Crippen LogP contribution in [-0.2, 0) is 0 Å². The minimum Gasteiger partial charge on any atom is -0.458 e. The third-order valence-corrected chi connectivity index (χ3v) is 7.79. The molecule has 8 rings (SSSR count). The zero-order chi connectivity index (χ0) is 25.8. The van der Waals surface area contributed by atoms with Crippen molar-refractivity contribution in [2.24, 2.45) is 0 Å². The Morgan fingerprint density at radius 1 is 0.385 bits per heavy atom. The van der Waals surface area contributed by atoms with Crippen molar-refractivity contribution in [3.8, 4) is 56.4 Å². The summed E-state index contributed by atoms with van der Waals surface area (Å²) in [4.78, 5) is 0. The van der Waals surface area contributed by atoms with Crippen molar-refractivity contribution < 1.29 is 9.47 Å². The van der Waals surface area contributed by atoms with Crippen LogP contribution in [0.1, 0.15) is 0 Å². The van der Waals surface area contributed by atoms with Crippen molar-refractivity contribution in [3.05, 3.63) is 140 Å². The maximum atomic E-state index is 6.74. The van der Waals surface area contributed by atoms with Crippen LogP contribution < -0.4 is 25.9 Å². The summed E-state index contributed by atoms with van der Waals surface area (Å²) in [5.74, 6) is 3.53. The number of rotatable bonds is 3. The van der Waals surface area contributed by atoms with Crippen LogP contribution >= 0.6 is 0 Å². The van der Waals surface area contributed by atoms with Crippen molar-refractivity contribution in [1.29, 1.82) is 0 Å². The van der Waals surface area contributed by atoms with Crippen molar-refractivity contribution in [2.45, 2.75) is 0 Å². The molecule has 0 aliphatic carbocycles. The van der Waals surface area contributed by atoms with Crippen molar-refractivity contribution in [1.82, 2.24) is 0 Å². The summed E-state index contributed by atoms with van der Waals surface area (Å²) in [6.45, 7) is 0.0516. The van der Waals surface area contributed by atoms with E-state index in [9.17, 15) is 0 Å². The van der Waals surface area contributed by atoms with Crippen LogP contribution in [-0.4, -0.2) is 6.71 Å². The van der Waals surface area contributed by atoms with E-state index in [1.165, 1.54) is 33.2 Å². The van der Waals surface area contributed by atoms with Crippen LogP contribution in [0.2, 0.25) is 0 Å². The summed E-state index contributed by atoms with van der Waals surface area (Å²) in [6.07, 6.45) is 0. The molecule has 182 valence electrons. The molecule has 2 heterocycles. The fraction of sp³-hybridized carbons (Fsp3) is 0. The van der Waals surface area contributed by atoms with Crippen LogP contribution in [0, 0.1) is 0 Å². The summed E-state index contributed by atoms with van der Waals surface area (Å²) in [6, 6.07) is 48.9. The zero-order valence-corrected chi connectivity index (χ0v) is 21.2. The van der Waals surface area contributed by atoms with E-state index in [0.717, 1.165) is 39.6 Å². The Kier molecular flexibility index (Phi) is 4.96. The maximum absolute atomic E-state index is 6.74. The van der Waals surface area contributed by atoms with Gasteiger partial charge in [-0.05, 0) is 81.2 Å². The van der Waals surface area contributed by atoms with Gasteiger partial charge in [0, 0.05) is 11.0 Å². The lowest BCUT2D eigenvalue weighted by Gasteiger charge is -2.34. The van der Waals surface area contributed by atoms with Crippen LogP contribution in [0.15, 0.2) is 140 Å². The van der Waals surface area contributed by atoms with E-state index in [2.05, 4.69) is 127 Å². The number of fused-ring (bicyclic) bond motifs is 4. The molecule has 0 saturated carbocycles. The van der Waals surface area contributed by atoms with E-state index in [1.54, 1.807) is 0 Å². The average molecular weight is 498 g/mol. The summed E-state index contributed by atoms with van der Waals surface area (Å²) in [7, 11) is 0. The molecule has 2 aliphatic heterocycles. The molecule has 0 N–H and O–H groups in total. The lowest BCUT2D eigenvalue weighted by molar-refractivity contribution is 0.465. The molecule has 0 amide bonds. The molecular weight excluding hydrogens is 475 g/mol. The van der Waals surface area contributed by atoms with Gasteiger partial charge in [-0.3, -0.25) is 0 Å². The third kappa shape index (κ3) is 3.59. The monoisotopic (exact) mass is 498 g/mol. The molecule has 0 atom stereocenters. The van der Waals surface area contributed by atoms with Gasteiger partial charge in [-0.2, -0.15) is 0 Å². The van der Waals surface area contributed by atoms with Gasteiger partial charge in [0.25, 0.3) is 6.71 Å². The van der Waals surface area contributed by atoms with E-state index < -0.39 is 0 Å². The third-order valence-electron chi connectivity index (χ3n) is 7.79. The highest BCUT2D eigenvalue weighted by Gasteiger charge is 2.40. The molecule has 2 aliphatic rings. The Balaban J connectivity index is 1.38. The van der Waals surface area contributed by atoms with Crippen molar-refractivity contribution >= 4 is 23.1 Å². The number of benzene rings is 6. The molecule has 2 nitrogen and oxygen atoms in total. The second-order valence-electron chi connectivity index (χ2n) is 10.1. The highest BCUT2D eigenvalue weighted by atomic mass is 16.5. The Bertz CT molecular complexity index is 1790. The van der Waals surface area contributed by atoms with Gasteiger partial charge in [0.2, 0.25) is 0 Å². The molecule has 6 aromatic rings. The summed E-state index contributed by atoms with van der Waals surface area (Å²) in [5.41, 5.74) is 10.3. The lowest BCUT2D eigenvalue weighted by Crippen LogP contribution is -2.57. The van der Waals surface area contributed by atoms with Crippen molar-refractivity contribution in [2.75, 3.05) is 0 Å². The van der Waals surface area contributed by atoms with E-state index in [0.29, 0.717) is 0 Å². The number of hydrogen-bond donors (Lipinski definition) is 0. The second kappa shape index (κ2) is 8.78. The summed E-state index contributed by atoms with van der Waals surface area (Å²) >= 11 is 0. The number of para-hydroxylation sites is 2. The molecule has 0 bridgehead atoms. The first-order valence-corrected chi connectivity index (χ1v) is 13.3. The fourth-order valence-electron chi connectivity index (χ4n) is 5.99. The number of ether oxygens (including phenoxy) is 2. The quantitative estimate of drug-likeness (QED) is 0.236. The van der Waals surface area contributed by atoms with E-state index >= 15 is 0 Å². The largest absolute Gasteiger partial charge is 0.458 e. The molecule has 0 fully saturated rings. The topological polar surface area (TPSA) is 18.5 Å². The molecule has 0 spiro atoms. The standard InChI is InChI=1S/C36H23BO2/c1-3-11-24(12-4-1)26-21-27(25-13-5-2-6-14-25)23-28(22-26)29-19-20-34-35-36(29)39-33-18-10-8-16-31(33)37(35)30-15-7-9-17-32(30)38-34/h1-23H. The first-order chi connectivity index (χ1) is 19.3. The normalized spacial score (nSPS) is 12.5. The minimum absolute atomic E-state index is 0.0516. The van der Waals surface area contributed by atoms with Crippen LogP contribution in [0.4, 0.5) is 0 Å². The van der Waals surface area contributed by atoms with Gasteiger partial charge < -0.3 is 9.47 Å². The predicted molar refractivity (Wildman–Crippen MR) is 160 cm³/mol.